The summed E-state index contributed by atoms with van der Waals surface area (Å²) in [6, 6.07) is 5.39. The number of halogens is 1. The summed E-state index contributed by atoms with van der Waals surface area (Å²) in [5, 5.41) is 6.46. The van der Waals surface area contributed by atoms with Gasteiger partial charge in [0.1, 0.15) is 17.7 Å². The largest absolute Gasteiger partial charge is 0.469 e. The van der Waals surface area contributed by atoms with Crippen LogP contribution in [0, 0.1) is 0 Å². The molecule has 3 rings (SSSR count). The van der Waals surface area contributed by atoms with Crippen LogP contribution in [0.25, 0.3) is 0 Å². The van der Waals surface area contributed by atoms with E-state index in [9.17, 15) is 9.59 Å². The molecular formula is C21H23BrN4O3. The zero-order valence-corrected chi connectivity index (χ0v) is 18.0. The van der Waals surface area contributed by atoms with Crippen molar-refractivity contribution in [1.29, 1.82) is 0 Å². The third-order valence-electron chi connectivity index (χ3n) is 4.49. The lowest BCUT2D eigenvalue weighted by atomic mass is 10.0. The van der Waals surface area contributed by atoms with E-state index in [1.807, 2.05) is 36.4 Å². The Bertz CT molecular complexity index is 934. The lowest BCUT2D eigenvalue weighted by Gasteiger charge is -2.18. The number of amidine groups is 1. The van der Waals surface area contributed by atoms with Crippen molar-refractivity contribution in [2.45, 2.75) is 25.8 Å². The van der Waals surface area contributed by atoms with Gasteiger partial charge in [0.05, 0.1) is 30.8 Å². The van der Waals surface area contributed by atoms with E-state index >= 15 is 0 Å². The number of aliphatic imine (C=N–C) groups is 2. The van der Waals surface area contributed by atoms with Gasteiger partial charge in [0, 0.05) is 23.0 Å². The summed E-state index contributed by atoms with van der Waals surface area (Å²) in [6.45, 7) is 2.36. The van der Waals surface area contributed by atoms with Gasteiger partial charge >= 0.3 is 5.97 Å². The first kappa shape index (κ1) is 21.0. The molecule has 2 N–H and O–H groups in total. The molecule has 1 aromatic rings. The standard InChI is InChI=1S/C21H23BrN4O3/c1-13(27)12-24-21-18(8-9-19(28)29-2)25-20(17-5-3-4-10-23-17)15-11-14(22)6-7-16(15)26-21/h3-7,11,18,23H,8-10,12H2,1-2H3,(H,24,26)/t18-/m0/s1. The molecule has 2 aliphatic rings. The molecule has 0 fully saturated rings. The molecule has 0 saturated carbocycles. The highest BCUT2D eigenvalue weighted by Crippen LogP contribution is 2.30. The minimum Gasteiger partial charge on any atom is -0.469 e. The van der Waals surface area contributed by atoms with Gasteiger partial charge in [-0.1, -0.05) is 28.1 Å². The second kappa shape index (κ2) is 9.65. The molecule has 29 heavy (non-hydrogen) atoms. The number of methoxy groups -OCH3 is 1. The van der Waals surface area contributed by atoms with Crippen LogP contribution in [0.5, 0.6) is 0 Å². The molecule has 2 aliphatic heterocycles. The van der Waals surface area contributed by atoms with Crippen LogP contribution in [-0.4, -0.2) is 49.5 Å². The topological polar surface area (TPSA) is 92.2 Å². The van der Waals surface area contributed by atoms with Crippen LogP contribution >= 0.6 is 15.9 Å². The zero-order valence-electron chi connectivity index (χ0n) is 16.4. The SMILES string of the molecule is COC(=O)CC[C@@H]1N=C(C2=CC=CCN2)c2cc(Br)ccc2N=C1NCC(C)=O. The summed E-state index contributed by atoms with van der Waals surface area (Å²) in [6.07, 6.45) is 6.59. The van der Waals surface area contributed by atoms with Crippen LogP contribution in [0.1, 0.15) is 25.3 Å². The molecule has 7 nitrogen and oxygen atoms in total. The second-order valence-electron chi connectivity index (χ2n) is 6.71. The lowest BCUT2D eigenvalue weighted by Crippen LogP contribution is -2.37. The first-order valence-corrected chi connectivity index (χ1v) is 10.1. The van der Waals surface area contributed by atoms with Crippen molar-refractivity contribution in [3.63, 3.8) is 0 Å². The molecule has 1 aromatic carbocycles. The molecular weight excluding hydrogens is 436 g/mol. The number of Topliss-reactive ketones (excluding diaryl/α,β-unsaturated/α-hetero) is 1. The van der Waals surface area contributed by atoms with Crippen molar-refractivity contribution in [1.82, 2.24) is 10.6 Å². The summed E-state index contributed by atoms with van der Waals surface area (Å²) in [5.41, 5.74) is 3.27. The third-order valence-corrected chi connectivity index (χ3v) is 4.98. The number of nitrogens with one attached hydrogen (secondary N) is 2. The monoisotopic (exact) mass is 458 g/mol. The minimum absolute atomic E-state index is 0.00862. The number of rotatable bonds is 6. The predicted octanol–water partition coefficient (Wildman–Crippen LogP) is 2.83. The van der Waals surface area contributed by atoms with E-state index in [2.05, 4.69) is 26.6 Å². The van der Waals surface area contributed by atoms with E-state index in [0.29, 0.717) is 18.8 Å². The Hall–Kier alpha value is -2.74. The normalized spacial score (nSPS) is 17.8. The molecule has 0 aliphatic carbocycles. The molecule has 0 spiro atoms. The number of ketones is 1. The summed E-state index contributed by atoms with van der Waals surface area (Å²) >= 11 is 3.53. The summed E-state index contributed by atoms with van der Waals surface area (Å²) in [4.78, 5) is 33.0. The molecule has 0 saturated heterocycles. The van der Waals surface area contributed by atoms with Gasteiger partial charge in [0.25, 0.3) is 0 Å². The van der Waals surface area contributed by atoms with Crippen LogP contribution in [0.4, 0.5) is 5.69 Å². The number of nitrogens with zero attached hydrogens (tertiary/aromatic N) is 2. The number of hydrogen-bond donors (Lipinski definition) is 2. The maximum atomic E-state index is 11.7. The maximum absolute atomic E-state index is 11.7. The highest BCUT2D eigenvalue weighted by Gasteiger charge is 2.25. The number of esters is 1. The van der Waals surface area contributed by atoms with Crippen molar-refractivity contribution >= 4 is 44.9 Å². The van der Waals surface area contributed by atoms with Crippen LogP contribution in [0.2, 0.25) is 0 Å². The van der Waals surface area contributed by atoms with Gasteiger partial charge in [-0.2, -0.15) is 0 Å². The minimum atomic E-state index is -0.414. The molecule has 2 heterocycles. The molecule has 0 aromatic heterocycles. The number of carbonyl (C=O) groups is 2. The Balaban J connectivity index is 2.07. The molecule has 152 valence electrons. The van der Waals surface area contributed by atoms with Gasteiger partial charge in [-0.15, -0.1) is 0 Å². The van der Waals surface area contributed by atoms with Crippen molar-refractivity contribution in [2.24, 2.45) is 9.98 Å². The van der Waals surface area contributed by atoms with Crippen molar-refractivity contribution in [2.75, 3.05) is 20.2 Å². The van der Waals surface area contributed by atoms with Crippen LogP contribution in [0.15, 0.2) is 56.6 Å². The first-order chi connectivity index (χ1) is 14.0. The van der Waals surface area contributed by atoms with Crippen molar-refractivity contribution < 1.29 is 14.3 Å². The summed E-state index contributed by atoms with van der Waals surface area (Å²) < 4.78 is 5.70. The summed E-state index contributed by atoms with van der Waals surface area (Å²) in [7, 11) is 1.36. The Morgan fingerprint density at radius 3 is 2.90 bits per heavy atom. The highest BCUT2D eigenvalue weighted by atomic mass is 79.9. The lowest BCUT2D eigenvalue weighted by molar-refractivity contribution is -0.140. The quantitative estimate of drug-likeness (QED) is 0.639. The molecule has 0 radical (unpaired) electrons. The average molecular weight is 459 g/mol. The molecule has 0 unspecified atom stereocenters. The number of dihydropyridines is 1. The fraction of sp³-hybridized carbons (Fsp3) is 0.333. The van der Waals surface area contributed by atoms with E-state index in [1.54, 1.807) is 0 Å². The average Bonchev–Trinajstić information content (AvgIpc) is 2.87. The Morgan fingerprint density at radius 2 is 2.21 bits per heavy atom. The number of benzene rings is 1. The number of ether oxygens (including phenoxy) is 1. The van der Waals surface area contributed by atoms with Gasteiger partial charge in [0.2, 0.25) is 0 Å². The van der Waals surface area contributed by atoms with Crippen LogP contribution < -0.4 is 10.6 Å². The number of fused-ring (bicyclic) bond motifs is 1. The van der Waals surface area contributed by atoms with Crippen LogP contribution in [0.3, 0.4) is 0 Å². The van der Waals surface area contributed by atoms with E-state index in [1.165, 1.54) is 14.0 Å². The smallest absolute Gasteiger partial charge is 0.305 e. The molecule has 1 atom stereocenters. The Morgan fingerprint density at radius 1 is 1.38 bits per heavy atom. The summed E-state index contributed by atoms with van der Waals surface area (Å²) in [5.74, 6) is 0.246. The van der Waals surface area contributed by atoms with Crippen molar-refractivity contribution in [3.05, 3.63) is 52.2 Å². The van der Waals surface area contributed by atoms with Gasteiger partial charge in [-0.3, -0.25) is 14.6 Å². The Labute approximate surface area is 178 Å². The van der Waals surface area contributed by atoms with E-state index in [-0.39, 0.29) is 24.7 Å². The second-order valence-corrected chi connectivity index (χ2v) is 7.63. The van der Waals surface area contributed by atoms with Crippen molar-refractivity contribution in [3.8, 4) is 0 Å². The predicted molar refractivity (Wildman–Crippen MR) is 117 cm³/mol. The van der Waals surface area contributed by atoms with E-state index in [4.69, 9.17) is 14.7 Å². The van der Waals surface area contributed by atoms with E-state index in [0.717, 1.165) is 27.1 Å². The number of allylic oxidation sites excluding steroid dienone is 3. The zero-order chi connectivity index (χ0) is 20.8. The third kappa shape index (κ3) is 5.41. The first-order valence-electron chi connectivity index (χ1n) is 9.35. The molecule has 8 heteroatoms. The van der Waals surface area contributed by atoms with Gasteiger partial charge in [0.15, 0.2) is 0 Å². The van der Waals surface area contributed by atoms with Gasteiger partial charge in [-0.25, -0.2) is 4.99 Å². The molecule has 0 amide bonds. The fourth-order valence-electron chi connectivity index (χ4n) is 3.05. The highest BCUT2D eigenvalue weighted by molar-refractivity contribution is 9.10. The maximum Gasteiger partial charge on any atom is 0.305 e. The Kier molecular flexibility index (Phi) is 6.98. The molecule has 0 bridgehead atoms. The van der Waals surface area contributed by atoms with Gasteiger partial charge < -0.3 is 15.4 Å². The number of carbonyl (C=O) groups excluding carboxylic acids is 2. The van der Waals surface area contributed by atoms with E-state index < -0.39 is 6.04 Å². The number of hydrogen-bond acceptors (Lipinski definition) is 7. The van der Waals surface area contributed by atoms with Gasteiger partial charge in [-0.05, 0) is 37.6 Å². The van der Waals surface area contributed by atoms with Crippen LogP contribution in [-0.2, 0) is 14.3 Å². The fourth-order valence-corrected chi connectivity index (χ4v) is 3.41.